The number of aromatic nitrogens is 3. The molecule has 1 aromatic heterocycles. The normalized spacial score (nSPS) is 17.7. The minimum absolute atomic E-state index is 0.0459. The van der Waals surface area contributed by atoms with Crippen LogP contribution < -0.4 is 10.6 Å². The van der Waals surface area contributed by atoms with E-state index in [9.17, 15) is 0 Å². The number of hydrogen-bond donors (Lipinski definition) is 1. The lowest BCUT2D eigenvalue weighted by Crippen LogP contribution is -2.28. The lowest BCUT2D eigenvalue weighted by Gasteiger charge is -2.38. The molecule has 194 valence electrons. The summed E-state index contributed by atoms with van der Waals surface area (Å²) in [7, 11) is 0. The second kappa shape index (κ2) is 9.97. The summed E-state index contributed by atoms with van der Waals surface area (Å²) in [6.07, 6.45) is 3.88. The Morgan fingerprint density at radius 1 is 0.947 bits per heavy atom. The van der Waals surface area contributed by atoms with Gasteiger partial charge in [-0.1, -0.05) is 44.3 Å². The van der Waals surface area contributed by atoms with Gasteiger partial charge in [-0.05, 0) is 104 Å². The van der Waals surface area contributed by atoms with E-state index in [1.807, 2.05) is 30.3 Å². The molecule has 38 heavy (non-hydrogen) atoms. The molecule has 0 saturated heterocycles. The van der Waals surface area contributed by atoms with E-state index in [1.54, 1.807) is 4.80 Å². The van der Waals surface area contributed by atoms with E-state index in [4.69, 9.17) is 5.73 Å². The molecule has 5 nitrogen and oxygen atoms in total. The van der Waals surface area contributed by atoms with Gasteiger partial charge in [-0.15, -0.1) is 15.0 Å². The van der Waals surface area contributed by atoms with Gasteiger partial charge in [-0.3, -0.25) is 0 Å². The summed E-state index contributed by atoms with van der Waals surface area (Å²) in [5.41, 5.74) is 17.6. The van der Waals surface area contributed by atoms with Gasteiger partial charge in [0, 0.05) is 29.8 Å². The van der Waals surface area contributed by atoms with Crippen LogP contribution in [0, 0.1) is 6.92 Å². The van der Waals surface area contributed by atoms with Gasteiger partial charge in [0.2, 0.25) is 0 Å². The van der Waals surface area contributed by atoms with Gasteiger partial charge in [0.15, 0.2) is 0 Å². The van der Waals surface area contributed by atoms with E-state index in [-0.39, 0.29) is 5.41 Å². The summed E-state index contributed by atoms with van der Waals surface area (Å²) >= 11 is 0. The van der Waals surface area contributed by atoms with Crippen LogP contribution in [0.2, 0.25) is 0 Å². The van der Waals surface area contributed by atoms with Crippen LogP contribution >= 0.6 is 0 Å². The molecule has 1 aliphatic carbocycles. The van der Waals surface area contributed by atoms with Crippen molar-refractivity contribution in [3.05, 3.63) is 107 Å². The highest BCUT2D eigenvalue weighted by atomic mass is 15.5. The number of anilines is 2. The standard InChI is InChI=1S/C33H37N5/c1-7-37(8-2)27-15-13-26(14-16-27)33(6)20-23(4)28(24(5)21-33)19-25-17-22(3)18-31(32(25)34)38-35-29-11-9-10-12-30(29)36-38/h9-19H,4-5,7-8,20-21,34H2,1-3,6H3. The van der Waals surface area contributed by atoms with Crippen LogP contribution in [-0.2, 0) is 5.41 Å². The maximum atomic E-state index is 6.71. The molecular weight excluding hydrogens is 466 g/mol. The van der Waals surface area contributed by atoms with Gasteiger partial charge in [-0.2, -0.15) is 0 Å². The quantitative estimate of drug-likeness (QED) is 0.278. The van der Waals surface area contributed by atoms with Crippen LogP contribution in [0.25, 0.3) is 22.8 Å². The van der Waals surface area contributed by atoms with Crippen LogP contribution in [0.3, 0.4) is 0 Å². The number of nitrogens with two attached hydrogens (primary N) is 1. The van der Waals surface area contributed by atoms with Gasteiger partial charge in [0.05, 0.1) is 5.69 Å². The predicted molar refractivity (Wildman–Crippen MR) is 161 cm³/mol. The lowest BCUT2D eigenvalue weighted by atomic mass is 9.66. The maximum Gasteiger partial charge on any atom is 0.113 e. The molecule has 0 spiro atoms. The van der Waals surface area contributed by atoms with Crippen LogP contribution in [0.5, 0.6) is 0 Å². The molecule has 0 unspecified atom stereocenters. The van der Waals surface area contributed by atoms with E-state index in [1.165, 1.54) is 11.3 Å². The van der Waals surface area contributed by atoms with Gasteiger partial charge in [-0.25, -0.2) is 0 Å². The third kappa shape index (κ3) is 4.65. The second-order valence-corrected chi connectivity index (χ2v) is 10.7. The number of fused-ring (bicyclic) bond motifs is 1. The van der Waals surface area contributed by atoms with Gasteiger partial charge < -0.3 is 10.6 Å². The first kappa shape index (κ1) is 25.5. The number of aryl methyl sites for hydroxylation is 1. The topological polar surface area (TPSA) is 60.0 Å². The smallest absolute Gasteiger partial charge is 0.113 e. The Hall–Kier alpha value is -4.12. The number of hydrogen-bond acceptors (Lipinski definition) is 4. The Morgan fingerprint density at radius 2 is 1.53 bits per heavy atom. The van der Waals surface area contributed by atoms with Crippen molar-refractivity contribution in [3.63, 3.8) is 0 Å². The zero-order chi connectivity index (χ0) is 27.0. The average Bonchev–Trinajstić information content (AvgIpc) is 3.33. The van der Waals surface area contributed by atoms with Crippen molar-refractivity contribution < 1.29 is 0 Å². The molecule has 0 atom stereocenters. The molecule has 1 aliphatic rings. The summed E-state index contributed by atoms with van der Waals surface area (Å²) in [6.45, 7) is 19.8. The number of nitrogens with zero attached hydrogens (tertiary/aromatic N) is 4. The highest BCUT2D eigenvalue weighted by molar-refractivity contribution is 5.79. The lowest BCUT2D eigenvalue weighted by molar-refractivity contribution is 0.451. The molecule has 1 fully saturated rings. The Bertz CT molecular complexity index is 1500. The fraction of sp³-hybridized carbons (Fsp3) is 0.273. The number of nitrogen functional groups attached to an aromatic ring is 1. The fourth-order valence-corrected chi connectivity index (χ4v) is 5.73. The summed E-state index contributed by atoms with van der Waals surface area (Å²) in [6, 6.07) is 21.0. The summed E-state index contributed by atoms with van der Waals surface area (Å²) in [5, 5.41) is 9.30. The summed E-state index contributed by atoms with van der Waals surface area (Å²) < 4.78 is 0. The molecule has 1 saturated carbocycles. The van der Waals surface area contributed by atoms with Crippen LogP contribution in [0.15, 0.2) is 90.5 Å². The predicted octanol–water partition coefficient (Wildman–Crippen LogP) is 7.40. The van der Waals surface area contributed by atoms with Gasteiger partial charge in [0.25, 0.3) is 0 Å². The molecule has 1 heterocycles. The zero-order valence-electron chi connectivity index (χ0n) is 23.0. The van der Waals surface area contributed by atoms with E-state index >= 15 is 0 Å². The van der Waals surface area contributed by atoms with Crippen molar-refractivity contribution in [1.82, 2.24) is 15.0 Å². The minimum Gasteiger partial charge on any atom is -0.396 e. The molecule has 0 bridgehead atoms. The molecule has 0 amide bonds. The molecule has 5 heteroatoms. The van der Waals surface area contributed by atoms with Crippen LogP contribution in [0.4, 0.5) is 11.4 Å². The molecule has 0 radical (unpaired) electrons. The molecule has 5 rings (SSSR count). The van der Waals surface area contributed by atoms with Crippen molar-refractivity contribution in [2.75, 3.05) is 23.7 Å². The van der Waals surface area contributed by atoms with Crippen LogP contribution in [-0.4, -0.2) is 28.1 Å². The van der Waals surface area contributed by atoms with Crippen molar-refractivity contribution in [1.29, 1.82) is 0 Å². The summed E-state index contributed by atoms with van der Waals surface area (Å²) in [4.78, 5) is 4.01. The van der Waals surface area contributed by atoms with Crippen LogP contribution in [0.1, 0.15) is 50.3 Å². The van der Waals surface area contributed by atoms with E-state index in [0.717, 1.165) is 70.5 Å². The highest BCUT2D eigenvalue weighted by Crippen LogP contribution is 2.46. The van der Waals surface area contributed by atoms with Gasteiger partial charge >= 0.3 is 0 Å². The fourth-order valence-electron chi connectivity index (χ4n) is 5.73. The summed E-state index contributed by atoms with van der Waals surface area (Å²) in [5.74, 6) is 0. The third-order valence-electron chi connectivity index (χ3n) is 7.80. The molecule has 0 aliphatic heterocycles. The first-order chi connectivity index (χ1) is 18.2. The van der Waals surface area contributed by atoms with Gasteiger partial charge in [0.1, 0.15) is 16.7 Å². The average molecular weight is 504 g/mol. The Morgan fingerprint density at radius 3 is 2.08 bits per heavy atom. The molecule has 3 aromatic carbocycles. The van der Waals surface area contributed by atoms with Crippen molar-refractivity contribution in [2.24, 2.45) is 0 Å². The first-order valence-electron chi connectivity index (χ1n) is 13.4. The largest absolute Gasteiger partial charge is 0.396 e. The molecule has 2 N–H and O–H groups in total. The zero-order valence-corrected chi connectivity index (χ0v) is 23.0. The second-order valence-electron chi connectivity index (χ2n) is 10.7. The number of allylic oxidation sites excluding steroid dienone is 3. The van der Waals surface area contributed by atoms with E-state index < -0.39 is 0 Å². The van der Waals surface area contributed by atoms with Crippen molar-refractivity contribution >= 4 is 28.5 Å². The number of rotatable bonds is 6. The monoisotopic (exact) mass is 503 g/mol. The molecular formula is C33H37N5. The molecule has 4 aromatic rings. The Kier molecular flexibility index (Phi) is 6.70. The third-order valence-corrected chi connectivity index (χ3v) is 7.80. The highest BCUT2D eigenvalue weighted by Gasteiger charge is 2.34. The maximum absolute atomic E-state index is 6.71. The van der Waals surface area contributed by atoms with Crippen molar-refractivity contribution in [2.45, 2.75) is 46.0 Å². The van der Waals surface area contributed by atoms with E-state index in [2.05, 4.69) is 92.4 Å². The minimum atomic E-state index is -0.0459. The van der Waals surface area contributed by atoms with Crippen molar-refractivity contribution in [3.8, 4) is 5.69 Å². The number of benzene rings is 3. The van der Waals surface area contributed by atoms with E-state index in [0.29, 0.717) is 5.69 Å². The Balaban J connectivity index is 1.45. The first-order valence-corrected chi connectivity index (χ1v) is 13.4. The SMILES string of the molecule is C=C1CC(C)(c2ccc(N(CC)CC)cc2)CC(=C)C1=Cc1cc(C)cc(-n2nc3ccccc3n2)c1N. The Labute approximate surface area is 226 Å².